The fraction of sp³-hybridized carbons (Fsp3) is 0.935. The van der Waals surface area contributed by atoms with Gasteiger partial charge in [-0.15, -0.1) is 0 Å². The maximum absolute atomic E-state index is 2.64. The summed E-state index contributed by atoms with van der Waals surface area (Å²) in [6.45, 7) is 9.46. The van der Waals surface area contributed by atoms with Gasteiger partial charge in [0.25, 0.3) is 0 Å². The summed E-state index contributed by atoms with van der Waals surface area (Å²) in [5.41, 5.74) is 0. The first-order valence-electron chi connectivity index (χ1n) is 15.5. The minimum Gasteiger partial charge on any atom is -0.356 e. The van der Waals surface area contributed by atoms with Crippen molar-refractivity contribution in [2.24, 2.45) is 0 Å². The van der Waals surface area contributed by atoms with Crippen LogP contribution in [0.4, 0.5) is 0 Å². The molecule has 1 rings (SSSR count). The van der Waals surface area contributed by atoms with Crippen LogP contribution < -0.4 is 0 Å². The molecule has 0 N–H and O–H groups in total. The van der Waals surface area contributed by atoms with Gasteiger partial charge in [-0.05, 0) is 19.3 Å². The third kappa shape index (κ3) is 16.6. The highest BCUT2D eigenvalue weighted by atomic mass is 15.4. The van der Waals surface area contributed by atoms with Gasteiger partial charge in [0.1, 0.15) is 6.17 Å². The maximum atomic E-state index is 2.64. The molecule has 1 aliphatic heterocycles. The largest absolute Gasteiger partial charge is 0.356 e. The van der Waals surface area contributed by atoms with Crippen LogP contribution in [0.5, 0.6) is 0 Å². The van der Waals surface area contributed by atoms with Crippen LogP contribution >= 0.6 is 0 Å². The van der Waals surface area contributed by atoms with E-state index in [1.807, 2.05) is 0 Å². The van der Waals surface area contributed by atoms with Gasteiger partial charge in [-0.3, -0.25) is 0 Å². The predicted octanol–water partition coefficient (Wildman–Crippen LogP) is 10.4. The zero-order valence-electron chi connectivity index (χ0n) is 23.3. The summed E-state index contributed by atoms with van der Waals surface area (Å²) in [5.74, 6) is 0. The van der Waals surface area contributed by atoms with Crippen LogP contribution in [0, 0.1) is 0 Å². The Morgan fingerprint density at radius 2 is 0.697 bits per heavy atom. The topological polar surface area (TPSA) is 6.48 Å². The van der Waals surface area contributed by atoms with Crippen molar-refractivity contribution in [3.05, 3.63) is 12.4 Å². The summed E-state index contributed by atoms with van der Waals surface area (Å²) < 4.78 is 0. The Bertz CT molecular complexity index is 419. The third-order valence-corrected chi connectivity index (χ3v) is 7.55. The minimum absolute atomic E-state index is 0.636. The summed E-state index contributed by atoms with van der Waals surface area (Å²) in [4.78, 5) is 5.28. The van der Waals surface area contributed by atoms with E-state index in [9.17, 15) is 0 Å². The first-order chi connectivity index (χ1) is 16.3. The summed E-state index contributed by atoms with van der Waals surface area (Å²) in [6.07, 6.45) is 38.1. The number of nitrogens with zero attached hydrogens (tertiary/aromatic N) is 2. The molecular formula is C31H62N2. The van der Waals surface area contributed by atoms with Gasteiger partial charge in [0.2, 0.25) is 0 Å². The second kappa shape index (κ2) is 23.1. The van der Waals surface area contributed by atoms with Gasteiger partial charge in [0.15, 0.2) is 0 Å². The molecule has 0 saturated heterocycles. The van der Waals surface area contributed by atoms with Gasteiger partial charge >= 0.3 is 0 Å². The van der Waals surface area contributed by atoms with E-state index in [2.05, 4.69) is 43.0 Å². The van der Waals surface area contributed by atoms with E-state index in [1.165, 1.54) is 161 Å². The van der Waals surface area contributed by atoms with Crippen molar-refractivity contribution in [1.82, 2.24) is 9.80 Å². The molecule has 0 aromatic rings. The molecule has 0 aromatic heterocycles. The molecule has 0 fully saturated rings. The van der Waals surface area contributed by atoms with Gasteiger partial charge < -0.3 is 9.80 Å². The Hall–Kier alpha value is -0.660. The normalized spacial score (nSPS) is 15.8. The van der Waals surface area contributed by atoms with Gasteiger partial charge in [-0.25, -0.2) is 0 Å². The molecule has 0 saturated carbocycles. The molecule has 1 unspecified atom stereocenters. The van der Waals surface area contributed by atoms with E-state index < -0.39 is 0 Å². The molecule has 0 aliphatic carbocycles. The fourth-order valence-electron chi connectivity index (χ4n) is 5.34. The Balaban J connectivity index is 1.96. The van der Waals surface area contributed by atoms with E-state index in [0.717, 1.165) is 0 Å². The molecular weight excluding hydrogens is 400 g/mol. The standard InChI is InChI=1S/C31H62N2/c1-4-7-9-11-13-14-15-16-17-18-19-20-21-23-25-28-33-30-29-32(31(33)26-6-3)27-24-22-12-10-8-5-2/h29-31H,4-28H2,1-3H3. The van der Waals surface area contributed by atoms with Crippen molar-refractivity contribution >= 4 is 0 Å². The Labute approximate surface area is 210 Å². The smallest absolute Gasteiger partial charge is 0.101 e. The molecule has 0 radical (unpaired) electrons. The Morgan fingerprint density at radius 1 is 0.394 bits per heavy atom. The predicted molar refractivity (Wildman–Crippen MR) is 150 cm³/mol. The Kier molecular flexibility index (Phi) is 21.3. The molecule has 1 aliphatic rings. The van der Waals surface area contributed by atoms with Gasteiger partial charge in [-0.2, -0.15) is 0 Å². The third-order valence-electron chi connectivity index (χ3n) is 7.55. The molecule has 0 spiro atoms. The molecule has 0 bridgehead atoms. The lowest BCUT2D eigenvalue weighted by Crippen LogP contribution is -2.39. The molecule has 0 amide bonds. The van der Waals surface area contributed by atoms with Crippen LogP contribution in [0.3, 0.4) is 0 Å². The van der Waals surface area contributed by atoms with Crippen LogP contribution in [0.1, 0.15) is 168 Å². The van der Waals surface area contributed by atoms with E-state index in [-0.39, 0.29) is 0 Å². The van der Waals surface area contributed by atoms with Crippen molar-refractivity contribution in [1.29, 1.82) is 0 Å². The monoisotopic (exact) mass is 462 g/mol. The van der Waals surface area contributed by atoms with Crippen LogP contribution in [0.15, 0.2) is 12.4 Å². The van der Waals surface area contributed by atoms with Crippen molar-refractivity contribution in [2.75, 3.05) is 13.1 Å². The quantitative estimate of drug-likeness (QED) is 0.124. The van der Waals surface area contributed by atoms with Crippen LogP contribution in [-0.2, 0) is 0 Å². The van der Waals surface area contributed by atoms with Gasteiger partial charge in [-0.1, -0.05) is 149 Å². The maximum Gasteiger partial charge on any atom is 0.101 e. The molecule has 1 heterocycles. The van der Waals surface area contributed by atoms with Crippen molar-refractivity contribution in [3.63, 3.8) is 0 Å². The highest BCUT2D eigenvalue weighted by Crippen LogP contribution is 2.22. The van der Waals surface area contributed by atoms with Crippen LogP contribution in [0.25, 0.3) is 0 Å². The molecule has 1 atom stereocenters. The average molecular weight is 463 g/mol. The number of hydrogen-bond acceptors (Lipinski definition) is 2. The molecule has 196 valence electrons. The summed E-state index contributed by atoms with van der Waals surface area (Å²) >= 11 is 0. The fourth-order valence-corrected chi connectivity index (χ4v) is 5.34. The SMILES string of the molecule is CCCCCCCCCCCCCCCCCN1C=CN(CCCCCCCC)C1CCC. The van der Waals surface area contributed by atoms with Crippen LogP contribution in [-0.4, -0.2) is 29.1 Å². The number of hydrogen-bond donors (Lipinski definition) is 0. The van der Waals surface area contributed by atoms with Crippen molar-refractivity contribution in [3.8, 4) is 0 Å². The van der Waals surface area contributed by atoms with E-state index in [4.69, 9.17) is 0 Å². The van der Waals surface area contributed by atoms with E-state index in [0.29, 0.717) is 6.17 Å². The summed E-state index contributed by atoms with van der Waals surface area (Å²) in [7, 11) is 0. The minimum atomic E-state index is 0.636. The highest BCUT2D eigenvalue weighted by Gasteiger charge is 2.24. The number of unbranched alkanes of at least 4 members (excludes halogenated alkanes) is 19. The van der Waals surface area contributed by atoms with Crippen molar-refractivity contribution < 1.29 is 0 Å². The molecule has 0 aromatic carbocycles. The summed E-state index contributed by atoms with van der Waals surface area (Å²) in [5, 5.41) is 0. The summed E-state index contributed by atoms with van der Waals surface area (Å²) in [6, 6.07) is 0. The first kappa shape index (κ1) is 30.4. The first-order valence-corrected chi connectivity index (χ1v) is 15.5. The lowest BCUT2D eigenvalue weighted by molar-refractivity contribution is 0.138. The lowest BCUT2D eigenvalue weighted by atomic mass is 10.0. The second-order valence-corrected chi connectivity index (χ2v) is 10.8. The highest BCUT2D eigenvalue weighted by molar-refractivity contribution is 4.96. The van der Waals surface area contributed by atoms with E-state index >= 15 is 0 Å². The van der Waals surface area contributed by atoms with E-state index in [1.54, 1.807) is 0 Å². The number of rotatable bonds is 25. The van der Waals surface area contributed by atoms with Gasteiger partial charge in [0, 0.05) is 25.5 Å². The zero-order valence-corrected chi connectivity index (χ0v) is 23.3. The molecule has 2 nitrogen and oxygen atoms in total. The second-order valence-electron chi connectivity index (χ2n) is 10.8. The Morgan fingerprint density at radius 3 is 1.00 bits per heavy atom. The van der Waals surface area contributed by atoms with Gasteiger partial charge in [0.05, 0.1) is 0 Å². The zero-order chi connectivity index (χ0) is 23.8. The molecule has 2 heteroatoms. The lowest BCUT2D eigenvalue weighted by Gasteiger charge is -2.33. The van der Waals surface area contributed by atoms with Crippen LogP contribution in [0.2, 0.25) is 0 Å². The average Bonchev–Trinajstić information content (AvgIpc) is 3.20. The van der Waals surface area contributed by atoms with Crippen molar-refractivity contribution in [2.45, 2.75) is 175 Å². The molecule has 33 heavy (non-hydrogen) atoms.